The van der Waals surface area contributed by atoms with Crippen LogP contribution in [-0.2, 0) is 12.8 Å². The molecule has 0 radical (unpaired) electrons. The molecule has 4 rings (SSSR count). The smallest absolute Gasteiger partial charge is 0.274 e. The lowest BCUT2D eigenvalue weighted by Gasteiger charge is -2.34. The highest BCUT2D eigenvalue weighted by Crippen LogP contribution is 2.32. The molecule has 27 heavy (non-hydrogen) atoms. The van der Waals surface area contributed by atoms with Gasteiger partial charge < -0.3 is 10.6 Å². The van der Waals surface area contributed by atoms with Crippen LogP contribution in [0.15, 0.2) is 18.2 Å². The summed E-state index contributed by atoms with van der Waals surface area (Å²) in [6, 6.07) is 5.46. The van der Waals surface area contributed by atoms with Gasteiger partial charge in [0.2, 0.25) is 0 Å². The Bertz CT molecular complexity index is 852. The molecule has 2 N–H and O–H groups in total. The summed E-state index contributed by atoms with van der Waals surface area (Å²) in [7, 11) is 0. The van der Waals surface area contributed by atoms with Crippen molar-refractivity contribution in [3.05, 3.63) is 45.2 Å². The number of hydrogen-bond acceptors (Lipinski definition) is 3. The Morgan fingerprint density at radius 3 is 2.78 bits per heavy atom. The lowest BCUT2D eigenvalue weighted by Crippen LogP contribution is -2.47. The Balaban J connectivity index is 0.00000210. The van der Waals surface area contributed by atoms with Gasteiger partial charge in [-0.1, -0.05) is 23.2 Å². The number of fused-ring (bicyclic) bond motifs is 1. The highest BCUT2D eigenvalue weighted by molar-refractivity contribution is 6.35. The molecule has 1 fully saturated rings. The zero-order valence-corrected chi connectivity index (χ0v) is 17.3. The van der Waals surface area contributed by atoms with Gasteiger partial charge in [-0.25, -0.2) is 4.68 Å². The molecule has 5 nitrogen and oxygen atoms in total. The zero-order chi connectivity index (χ0) is 18.3. The van der Waals surface area contributed by atoms with Gasteiger partial charge in [0.05, 0.1) is 10.7 Å². The predicted molar refractivity (Wildman–Crippen MR) is 111 cm³/mol. The quantitative estimate of drug-likeness (QED) is 0.801. The summed E-state index contributed by atoms with van der Waals surface area (Å²) in [5.41, 5.74) is 9.37. The standard InChI is InChI=1S/C19H22Cl2N4O.ClH/c20-12-7-8-17(15(21)10-12)25-16-6-3-5-14(16)18(23-25)19(26)24-9-2-1-4-13(24)11-22;/h7-8,10,13H,1-6,9,11,22H2;1H. The number of nitrogens with zero attached hydrogens (tertiary/aromatic N) is 3. The van der Waals surface area contributed by atoms with E-state index in [4.69, 9.17) is 34.0 Å². The maximum Gasteiger partial charge on any atom is 0.274 e. The topological polar surface area (TPSA) is 64.2 Å². The van der Waals surface area contributed by atoms with Gasteiger partial charge in [0, 0.05) is 35.4 Å². The van der Waals surface area contributed by atoms with Crippen LogP contribution in [0, 0.1) is 0 Å². The minimum atomic E-state index is 0. The van der Waals surface area contributed by atoms with Crippen molar-refractivity contribution in [2.75, 3.05) is 13.1 Å². The third kappa shape index (κ3) is 3.70. The maximum atomic E-state index is 13.3. The molecule has 0 saturated carbocycles. The molecule has 1 aliphatic carbocycles. The molecule has 0 bridgehead atoms. The number of rotatable bonds is 3. The first kappa shape index (κ1) is 20.5. The Morgan fingerprint density at radius 2 is 2.04 bits per heavy atom. The minimum absolute atomic E-state index is 0. The van der Waals surface area contributed by atoms with E-state index in [2.05, 4.69) is 0 Å². The zero-order valence-electron chi connectivity index (χ0n) is 15.0. The van der Waals surface area contributed by atoms with E-state index >= 15 is 0 Å². The van der Waals surface area contributed by atoms with Crippen LogP contribution < -0.4 is 5.73 Å². The van der Waals surface area contributed by atoms with E-state index < -0.39 is 0 Å². The van der Waals surface area contributed by atoms with Crippen LogP contribution in [0.3, 0.4) is 0 Å². The molecule has 1 saturated heterocycles. The van der Waals surface area contributed by atoms with E-state index in [1.165, 1.54) is 0 Å². The molecule has 1 aliphatic heterocycles. The average molecular weight is 430 g/mol. The van der Waals surface area contributed by atoms with Gasteiger partial charge in [-0.3, -0.25) is 4.79 Å². The minimum Gasteiger partial charge on any atom is -0.333 e. The fourth-order valence-electron chi connectivity index (χ4n) is 4.11. The molecule has 2 heterocycles. The fraction of sp³-hybridized carbons (Fsp3) is 0.474. The summed E-state index contributed by atoms with van der Waals surface area (Å²) in [4.78, 5) is 15.2. The molecule has 2 aliphatic rings. The number of nitrogens with two attached hydrogens (primary N) is 1. The number of likely N-dealkylation sites (tertiary alicyclic amines) is 1. The monoisotopic (exact) mass is 428 g/mol. The molecule has 1 aromatic heterocycles. The van der Waals surface area contributed by atoms with Gasteiger partial charge in [-0.05, 0) is 56.7 Å². The van der Waals surface area contributed by atoms with Gasteiger partial charge in [-0.2, -0.15) is 5.10 Å². The van der Waals surface area contributed by atoms with Crippen LogP contribution in [0.2, 0.25) is 10.0 Å². The summed E-state index contributed by atoms with van der Waals surface area (Å²) in [5.74, 6) is 0.00198. The Morgan fingerprint density at radius 1 is 1.22 bits per heavy atom. The maximum absolute atomic E-state index is 13.3. The third-order valence-corrected chi connectivity index (χ3v) is 5.97. The number of piperidine rings is 1. The molecule has 8 heteroatoms. The van der Waals surface area contributed by atoms with E-state index in [9.17, 15) is 4.79 Å². The van der Waals surface area contributed by atoms with Crippen LogP contribution in [0.4, 0.5) is 0 Å². The molecule has 1 aromatic carbocycles. The van der Waals surface area contributed by atoms with E-state index in [1.54, 1.807) is 12.1 Å². The summed E-state index contributed by atoms with van der Waals surface area (Å²) < 4.78 is 1.83. The number of halogens is 3. The molecule has 146 valence electrons. The van der Waals surface area contributed by atoms with Crippen molar-refractivity contribution >= 4 is 41.5 Å². The van der Waals surface area contributed by atoms with Gasteiger partial charge in [0.1, 0.15) is 0 Å². The second-order valence-electron chi connectivity index (χ2n) is 7.02. The highest BCUT2D eigenvalue weighted by Gasteiger charge is 2.33. The highest BCUT2D eigenvalue weighted by atomic mass is 35.5. The average Bonchev–Trinajstić information content (AvgIpc) is 3.24. The molecular formula is C19H23Cl3N4O. The van der Waals surface area contributed by atoms with Crippen molar-refractivity contribution in [3.8, 4) is 5.69 Å². The first-order valence-electron chi connectivity index (χ1n) is 9.17. The van der Waals surface area contributed by atoms with Crippen molar-refractivity contribution in [2.45, 2.75) is 44.6 Å². The van der Waals surface area contributed by atoms with Crippen molar-refractivity contribution in [1.82, 2.24) is 14.7 Å². The lowest BCUT2D eigenvalue weighted by molar-refractivity contribution is 0.0615. The Hall–Kier alpha value is -1.27. The number of aromatic nitrogens is 2. The van der Waals surface area contributed by atoms with E-state index in [0.717, 1.165) is 62.0 Å². The normalized spacial score (nSPS) is 18.9. The van der Waals surface area contributed by atoms with Crippen molar-refractivity contribution in [1.29, 1.82) is 0 Å². The Kier molecular flexibility index (Phi) is 6.36. The molecule has 1 atom stereocenters. The van der Waals surface area contributed by atoms with Gasteiger partial charge in [-0.15, -0.1) is 12.4 Å². The Labute approximate surface area is 175 Å². The number of amides is 1. The van der Waals surface area contributed by atoms with Gasteiger partial charge in [0.15, 0.2) is 5.69 Å². The van der Waals surface area contributed by atoms with Crippen LogP contribution in [0.1, 0.15) is 47.4 Å². The fourth-order valence-corrected chi connectivity index (χ4v) is 4.60. The second kappa shape index (κ2) is 8.39. The van der Waals surface area contributed by atoms with Gasteiger partial charge >= 0.3 is 0 Å². The predicted octanol–water partition coefficient (Wildman–Crippen LogP) is 4.04. The van der Waals surface area contributed by atoms with Crippen LogP contribution in [-0.4, -0.2) is 39.7 Å². The van der Waals surface area contributed by atoms with Gasteiger partial charge in [0.25, 0.3) is 5.91 Å². The van der Waals surface area contributed by atoms with Crippen molar-refractivity contribution in [3.63, 3.8) is 0 Å². The van der Waals surface area contributed by atoms with Crippen molar-refractivity contribution in [2.24, 2.45) is 5.73 Å². The summed E-state index contributed by atoms with van der Waals surface area (Å²) in [5, 5.41) is 5.81. The molecule has 1 amide bonds. The van der Waals surface area contributed by atoms with E-state index in [1.807, 2.05) is 15.6 Å². The largest absolute Gasteiger partial charge is 0.333 e. The summed E-state index contributed by atoms with van der Waals surface area (Å²) in [6.07, 6.45) is 5.91. The van der Waals surface area contributed by atoms with Crippen LogP contribution in [0.25, 0.3) is 5.69 Å². The number of benzene rings is 1. The van der Waals surface area contributed by atoms with E-state index in [-0.39, 0.29) is 24.4 Å². The SMILES string of the molecule is Cl.NCC1CCCCN1C(=O)c1nn(-c2ccc(Cl)cc2Cl)c2c1CCC2. The first-order valence-corrected chi connectivity index (χ1v) is 9.93. The second-order valence-corrected chi connectivity index (χ2v) is 7.86. The van der Waals surface area contributed by atoms with E-state index in [0.29, 0.717) is 22.3 Å². The number of carbonyl (C=O) groups is 1. The molecule has 1 unspecified atom stereocenters. The third-order valence-electron chi connectivity index (χ3n) is 5.43. The molecule has 0 spiro atoms. The van der Waals surface area contributed by atoms with Crippen molar-refractivity contribution < 1.29 is 4.79 Å². The molecule has 2 aromatic rings. The number of hydrogen-bond donors (Lipinski definition) is 1. The van der Waals surface area contributed by atoms with Crippen LogP contribution in [0.5, 0.6) is 0 Å². The number of carbonyl (C=O) groups excluding carboxylic acids is 1. The van der Waals surface area contributed by atoms with Crippen LogP contribution >= 0.6 is 35.6 Å². The first-order chi connectivity index (χ1) is 12.6. The lowest BCUT2D eigenvalue weighted by atomic mass is 10.0. The summed E-state index contributed by atoms with van der Waals surface area (Å²) in [6.45, 7) is 1.25. The molecular weight excluding hydrogens is 407 g/mol. The summed E-state index contributed by atoms with van der Waals surface area (Å²) >= 11 is 12.4.